The van der Waals surface area contributed by atoms with Gasteiger partial charge >= 0.3 is 0 Å². The van der Waals surface area contributed by atoms with Crippen LogP contribution in [0.2, 0.25) is 0 Å². The van der Waals surface area contributed by atoms with E-state index in [0.29, 0.717) is 18.2 Å². The average Bonchev–Trinajstić information content (AvgIpc) is 3.17. The second-order valence-corrected chi connectivity index (χ2v) is 6.73. The summed E-state index contributed by atoms with van der Waals surface area (Å²) in [7, 11) is 0. The van der Waals surface area contributed by atoms with Gasteiger partial charge in [0.05, 0.1) is 12.3 Å². The van der Waals surface area contributed by atoms with Crippen LogP contribution in [0.1, 0.15) is 36.6 Å². The minimum atomic E-state index is -0.229. The van der Waals surface area contributed by atoms with Crippen molar-refractivity contribution < 1.29 is 8.81 Å². The molecule has 1 aromatic heterocycles. The van der Waals surface area contributed by atoms with Gasteiger partial charge in [0.2, 0.25) is 0 Å². The second-order valence-electron chi connectivity index (χ2n) is 6.32. The van der Waals surface area contributed by atoms with Crippen molar-refractivity contribution in [3.05, 3.63) is 59.8 Å². The third kappa shape index (κ3) is 5.28. The Balaban J connectivity index is 1.51. The predicted molar refractivity (Wildman–Crippen MR) is 101 cm³/mol. The highest BCUT2D eigenvalue weighted by molar-refractivity contribution is 7.80. The Hall–Kier alpha value is -1.92. The number of nitrogens with one attached hydrogen (secondary N) is 2. The Morgan fingerprint density at radius 1 is 1.12 bits per heavy atom. The van der Waals surface area contributed by atoms with E-state index in [0.717, 1.165) is 24.4 Å². The minimum Gasteiger partial charge on any atom is -0.468 e. The molecule has 1 fully saturated rings. The van der Waals surface area contributed by atoms with Crippen LogP contribution < -0.4 is 10.6 Å². The largest absolute Gasteiger partial charge is 0.468 e. The van der Waals surface area contributed by atoms with Gasteiger partial charge in [0.1, 0.15) is 11.6 Å². The standard InChI is InChI=1S/C19H24FN3OS/c20-16-8-6-15(7-9-16)13-21-19(25)22-14-17(18-5-4-12-24-18)23-10-2-1-3-11-23/h4-9,12,17H,1-3,10-11,13-14H2,(H2,21,22,25)/t17-/m0/s1. The maximum Gasteiger partial charge on any atom is 0.166 e. The number of hydrogen-bond donors (Lipinski definition) is 2. The van der Waals surface area contributed by atoms with Crippen LogP contribution in [0.15, 0.2) is 47.1 Å². The Kier molecular flexibility index (Phi) is 6.42. The quantitative estimate of drug-likeness (QED) is 0.769. The number of halogens is 1. The summed E-state index contributed by atoms with van der Waals surface area (Å²) in [6, 6.07) is 10.6. The summed E-state index contributed by atoms with van der Waals surface area (Å²) in [5.41, 5.74) is 0.990. The molecule has 0 bridgehead atoms. The highest BCUT2D eigenvalue weighted by Crippen LogP contribution is 2.24. The summed E-state index contributed by atoms with van der Waals surface area (Å²) in [4.78, 5) is 2.46. The number of furan rings is 1. The van der Waals surface area contributed by atoms with E-state index in [9.17, 15) is 4.39 Å². The van der Waals surface area contributed by atoms with Gasteiger partial charge in [-0.25, -0.2) is 4.39 Å². The highest BCUT2D eigenvalue weighted by Gasteiger charge is 2.24. The van der Waals surface area contributed by atoms with Crippen LogP contribution >= 0.6 is 12.2 Å². The topological polar surface area (TPSA) is 40.4 Å². The van der Waals surface area contributed by atoms with Crippen LogP contribution in [0.5, 0.6) is 0 Å². The molecule has 0 aliphatic carbocycles. The summed E-state index contributed by atoms with van der Waals surface area (Å²) >= 11 is 5.38. The molecule has 1 aliphatic rings. The van der Waals surface area contributed by atoms with E-state index < -0.39 is 0 Å². The molecule has 1 aromatic carbocycles. The first kappa shape index (κ1) is 17.9. The number of likely N-dealkylation sites (tertiary alicyclic amines) is 1. The smallest absolute Gasteiger partial charge is 0.166 e. The molecule has 134 valence electrons. The van der Waals surface area contributed by atoms with E-state index in [1.807, 2.05) is 12.1 Å². The molecule has 1 atom stereocenters. The van der Waals surface area contributed by atoms with Gasteiger partial charge in [0.15, 0.2) is 5.11 Å². The number of piperidine rings is 1. The molecule has 6 heteroatoms. The van der Waals surface area contributed by atoms with Gasteiger partial charge in [-0.15, -0.1) is 0 Å². The molecule has 0 amide bonds. The molecular weight excluding hydrogens is 337 g/mol. The van der Waals surface area contributed by atoms with Gasteiger partial charge < -0.3 is 15.1 Å². The van der Waals surface area contributed by atoms with Gasteiger partial charge in [-0.05, 0) is 68.0 Å². The Morgan fingerprint density at radius 3 is 2.56 bits per heavy atom. The van der Waals surface area contributed by atoms with Crippen LogP contribution in [0.25, 0.3) is 0 Å². The molecule has 2 heterocycles. The number of hydrogen-bond acceptors (Lipinski definition) is 3. The molecule has 4 nitrogen and oxygen atoms in total. The van der Waals surface area contributed by atoms with Crippen molar-refractivity contribution >= 4 is 17.3 Å². The van der Waals surface area contributed by atoms with Crippen molar-refractivity contribution in [2.24, 2.45) is 0 Å². The number of thiocarbonyl (C=S) groups is 1. The van der Waals surface area contributed by atoms with Crippen LogP contribution in [0.3, 0.4) is 0 Å². The molecular formula is C19H24FN3OS. The fourth-order valence-corrected chi connectivity index (χ4v) is 3.31. The fraction of sp³-hybridized carbons (Fsp3) is 0.421. The summed E-state index contributed by atoms with van der Waals surface area (Å²) in [5, 5.41) is 7.06. The van der Waals surface area contributed by atoms with Gasteiger partial charge in [-0.2, -0.15) is 0 Å². The Bertz CT molecular complexity index is 654. The van der Waals surface area contributed by atoms with Crippen molar-refractivity contribution in [1.82, 2.24) is 15.5 Å². The molecule has 0 spiro atoms. The zero-order chi connectivity index (χ0) is 17.5. The highest BCUT2D eigenvalue weighted by atomic mass is 32.1. The molecule has 3 rings (SSSR count). The van der Waals surface area contributed by atoms with E-state index in [2.05, 4.69) is 15.5 Å². The van der Waals surface area contributed by atoms with Crippen molar-refractivity contribution in [1.29, 1.82) is 0 Å². The fourth-order valence-electron chi connectivity index (χ4n) is 3.16. The maximum atomic E-state index is 12.9. The molecule has 1 aliphatic heterocycles. The van der Waals surface area contributed by atoms with Crippen molar-refractivity contribution in [3.63, 3.8) is 0 Å². The van der Waals surface area contributed by atoms with E-state index in [4.69, 9.17) is 16.6 Å². The lowest BCUT2D eigenvalue weighted by Crippen LogP contribution is -2.43. The Morgan fingerprint density at radius 2 is 1.88 bits per heavy atom. The van der Waals surface area contributed by atoms with Crippen LogP contribution in [-0.2, 0) is 6.54 Å². The second kappa shape index (κ2) is 8.97. The first-order valence-corrected chi connectivity index (χ1v) is 9.17. The van der Waals surface area contributed by atoms with E-state index in [-0.39, 0.29) is 11.9 Å². The lowest BCUT2D eigenvalue weighted by molar-refractivity contribution is 0.146. The van der Waals surface area contributed by atoms with Gasteiger partial charge in [0.25, 0.3) is 0 Å². The van der Waals surface area contributed by atoms with Gasteiger partial charge in [-0.1, -0.05) is 18.6 Å². The van der Waals surface area contributed by atoms with Crippen molar-refractivity contribution in [2.45, 2.75) is 31.8 Å². The lowest BCUT2D eigenvalue weighted by Gasteiger charge is -2.33. The van der Waals surface area contributed by atoms with E-state index in [1.54, 1.807) is 18.4 Å². The lowest BCUT2D eigenvalue weighted by atomic mass is 10.1. The van der Waals surface area contributed by atoms with Crippen molar-refractivity contribution in [2.75, 3.05) is 19.6 Å². The zero-order valence-electron chi connectivity index (χ0n) is 14.2. The molecule has 2 aromatic rings. The zero-order valence-corrected chi connectivity index (χ0v) is 15.0. The molecule has 1 saturated heterocycles. The summed E-state index contributed by atoms with van der Waals surface area (Å²) in [5.74, 6) is 0.739. The normalized spacial score (nSPS) is 16.4. The molecule has 0 unspecified atom stereocenters. The average molecular weight is 361 g/mol. The first-order valence-electron chi connectivity index (χ1n) is 8.76. The summed E-state index contributed by atoms with van der Waals surface area (Å²) < 4.78 is 18.6. The molecule has 25 heavy (non-hydrogen) atoms. The third-order valence-electron chi connectivity index (χ3n) is 4.53. The van der Waals surface area contributed by atoms with E-state index >= 15 is 0 Å². The molecule has 2 N–H and O–H groups in total. The molecule has 0 radical (unpaired) electrons. The van der Waals surface area contributed by atoms with Gasteiger partial charge in [0, 0.05) is 13.1 Å². The van der Waals surface area contributed by atoms with Crippen LogP contribution in [0, 0.1) is 5.82 Å². The SMILES string of the molecule is Fc1ccc(CNC(=S)NC[C@@H](c2ccco2)N2CCCCC2)cc1. The van der Waals surface area contributed by atoms with Gasteiger partial charge in [-0.3, -0.25) is 4.90 Å². The summed E-state index contributed by atoms with van der Waals surface area (Å²) in [6.07, 6.45) is 5.47. The summed E-state index contributed by atoms with van der Waals surface area (Å²) in [6.45, 7) is 3.44. The van der Waals surface area contributed by atoms with Crippen molar-refractivity contribution in [3.8, 4) is 0 Å². The van der Waals surface area contributed by atoms with Crippen LogP contribution in [-0.4, -0.2) is 29.6 Å². The molecule has 0 saturated carbocycles. The number of nitrogens with zero attached hydrogens (tertiary/aromatic N) is 1. The number of benzene rings is 1. The van der Waals surface area contributed by atoms with E-state index in [1.165, 1.54) is 31.4 Å². The number of rotatable bonds is 6. The first-order chi connectivity index (χ1) is 12.2. The van der Waals surface area contributed by atoms with Crippen LogP contribution in [0.4, 0.5) is 4.39 Å². The Labute approximate surface area is 153 Å². The predicted octanol–water partition coefficient (Wildman–Crippen LogP) is 3.61. The minimum absolute atomic E-state index is 0.181. The maximum absolute atomic E-state index is 12.9. The monoisotopic (exact) mass is 361 g/mol. The third-order valence-corrected chi connectivity index (χ3v) is 4.81.